The Bertz CT molecular complexity index is 330. The molecule has 0 saturated carbocycles. The summed E-state index contributed by atoms with van der Waals surface area (Å²) in [6.45, 7) is 6.22. The maximum absolute atomic E-state index is 10.9. The number of nitrogens with zero attached hydrogens (tertiary/aromatic N) is 1. The molecule has 0 fully saturated rings. The van der Waals surface area contributed by atoms with Gasteiger partial charge in [-0.05, 0) is 64.5 Å². The number of rotatable bonds is 18. The van der Waals surface area contributed by atoms with Crippen LogP contribution < -0.4 is 34.7 Å². The molecule has 0 bridgehead atoms. The van der Waals surface area contributed by atoms with Crippen LogP contribution in [0.5, 0.6) is 0 Å². The van der Waals surface area contributed by atoms with Gasteiger partial charge in [0.25, 0.3) is 0 Å². The first kappa shape index (κ1) is 28.1. The second-order valence-corrected chi connectivity index (χ2v) is 6.87. The van der Waals surface area contributed by atoms with Crippen molar-refractivity contribution in [2.45, 2.75) is 90.9 Å². The number of allylic oxidation sites excluding steroid dienone is 4. The zero-order valence-corrected chi connectivity index (χ0v) is 19.7. The third-order valence-corrected chi connectivity index (χ3v) is 4.32. The molecule has 0 aliphatic carbocycles. The molecule has 0 rings (SSSR count). The van der Waals surface area contributed by atoms with Crippen molar-refractivity contribution in [1.82, 2.24) is 4.90 Å². The van der Waals surface area contributed by atoms with Crippen LogP contribution in [0.25, 0.3) is 0 Å². The number of hydrogen-bond donors (Lipinski definition) is 0. The predicted octanol–water partition coefficient (Wildman–Crippen LogP) is 1.88. The Hall–Kier alpha value is -0.0900. The topological polar surface area (TPSA) is 43.4 Å². The molecule has 0 saturated heterocycles. The predicted molar refractivity (Wildman–Crippen MR) is 106 cm³/mol. The van der Waals surface area contributed by atoms with Crippen LogP contribution in [0.2, 0.25) is 0 Å². The number of unbranched alkanes of at least 4 members (excludes halogenated alkanes) is 8. The van der Waals surface area contributed by atoms with Crippen LogP contribution in [0.1, 0.15) is 90.9 Å². The van der Waals surface area contributed by atoms with Crippen molar-refractivity contribution in [3.8, 4) is 0 Å². The number of aliphatic carboxylic acids is 1. The Kier molecular flexibility index (Phi) is 24.8. The molecule has 3 nitrogen and oxygen atoms in total. The fourth-order valence-corrected chi connectivity index (χ4v) is 2.76. The molecule has 0 N–H and O–H groups in total. The van der Waals surface area contributed by atoms with Gasteiger partial charge in [-0.2, -0.15) is 0 Å². The van der Waals surface area contributed by atoms with Gasteiger partial charge in [-0.3, -0.25) is 4.90 Å². The quantitative estimate of drug-likeness (QED) is 0.209. The first-order valence-electron chi connectivity index (χ1n) is 10.4. The summed E-state index contributed by atoms with van der Waals surface area (Å²) in [5, 5.41) is 10.9. The smallest absolute Gasteiger partial charge is 0.549 e. The molecule has 4 heteroatoms. The van der Waals surface area contributed by atoms with Gasteiger partial charge in [0.1, 0.15) is 0 Å². The van der Waals surface area contributed by atoms with Crippen LogP contribution in [0.3, 0.4) is 0 Å². The number of carbonyl (C=O) groups excluding carboxylic acids is 1. The summed E-state index contributed by atoms with van der Waals surface area (Å²) in [7, 11) is 0. The minimum Gasteiger partial charge on any atom is -0.549 e. The number of hydrogen-bond acceptors (Lipinski definition) is 3. The molecular formula is C22H40NNaO2. The molecule has 0 radical (unpaired) electrons. The van der Waals surface area contributed by atoms with E-state index in [1.165, 1.54) is 38.5 Å². The Labute approximate surface area is 184 Å². The number of carbonyl (C=O) groups is 1. The van der Waals surface area contributed by atoms with Crippen LogP contribution in [0.15, 0.2) is 24.3 Å². The third-order valence-electron chi connectivity index (χ3n) is 4.32. The van der Waals surface area contributed by atoms with Gasteiger partial charge in [0.2, 0.25) is 0 Å². The molecule has 0 unspecified atom stereocenters. The Morgan fingerprint density at radius 3 is 1.46 bits per heavy atom. The van der Waals surface area contributed by atoms with Gasteiger partial charge in [0, 0.05) is 6.54 Å². The van der Waals surface area contributed by atoms with Crippen molar-refractivity contribution < 1.29 is 39.5 Å². The van der Waals surface area contributed by atoms with E-state index >= 15 is 0 Å². The van der Waals surface area contributed by atoms with Crippen LogP contribution >= 0.6 is 0 Å². The van der Waals surface area contributed by atoms with Gasteiger partial charge < -0.3 is 9.90 Å². The van der Waals surface area contributed by atoms with Crippen molar-refractivity contribution in [2.24, 2.45) is 0 Å². The number of carboxylic acids is 1. The van der Waals surface area contributed by atoms with Gasteiger partial charge in [-0.25, -0.2) is 0 Å². The molecule has 26 heavy (non-hydrogen) atoms. The average molecular weight is 374 g/mol. The zero-order chi connectivity index (χ0) is 18.6. The minimum atomic E-state index is -0.959. The van der Waals surface area contributed by atoms with E-state index in [-0.39, 0.29) is 36.1 Å². The molecule has 0 aliphatic rings. The van der Waals surface area contributed by atoms with E-state index in [1.807, 2.05) is 4.90 Å². The summed E-state index contributed by atoms with van der Waals surface area (Å²) in [5.41, 5.74) is 0. The van der Waals surface area contributed by atoms with Crippen LogP contribution in [-0.2, 0) is 4.79 Å². The van der Waals surface area contributed by atoms with Gasteiger partial charge >= 0.3 is 29.6 Å². The maximum Gasteiger partial charge on any atom is 1.00 e. The summed E-state index contributed by atoms with van der Waals surface area (Å²) < 4.78 is 0. The second kappa shape index (κ2) is 23.0. The van der Waals surface area contributed by atoms with Gasteiger partial charge in [0.05, 0.1) is 5.97 Å². The molecule has 0 amide bonds. The summed E-state index contributed by atoms with van der Waals surface area (Å²) in [6.07, 6.45) is 23.1. The fraction of sp³-hybridized carbons (Fsp3) is 0.773. The first-order chi connectivity index (χ1) is 12.2. The molecule has 0 aromatic heterocycles. The molecule has 0 heterocycles. The summed E-state index contributed by atoms with van der Waals surface area (Å²) in [6, 6.07) is 0. The summed E-state index contributed by atoms with van der Waals surface area (Å²) in [5.74, 6) is -0.959. The Morgan fingerprint density at radius 2 is 1.12 bits per heavy atom. The van der Waals surface area contributed by atoms with Gasteiger partial charge in [-0.1, -0.05) is 63.8 Å². The SMILES string of the molecule is CCCC/C=C/CCCCN(CCCC/C=C/CCCC)CC(=O)[O-].[Na+]. The van der Waals surface area contributed by atoms with Crippen LogP contribution in [0, 0.1) is 0 Å². The van der Waals surface area contributed by atoms with Crippen molar-refractivity contribution in [3.05, 3.63) is 24.3 Å². The summed E-state index contributed by atoms with van der Waals surface area (Å²) >= 11 is 0. The molecule has 0 spiro atoms. The average Bonchev–Trinajstić information content (AvgIpc) is 2.58. The van der Waals surface area contributed by atoms with Crippen molar-refractivity contribution in [2.75, 3.05) is 19.6 Å². The van der Waals surface area contributed by atoms with E-state index in [4.69, 9.17) is 0 Å². The first-order valence-corrected chi connectivity index (χ1v) is 10.4. The largest absolute Gasteiger partial charge is 1.00 e. The molecular weight excluding hydrogens is 333 g/mol. The van der Waals surface area contributed by atoms with E-state index in [0.29, 0.717) is 0 Å². The molecule has 0 aromatic rings. The van der Waals surface area contributed by atoms with E-state index in [9.17, 15) is 9.90 Å². The zero-order valence-electron chi connectivity index (χ0n) is 17.7. The summed E-state index contributed by atoms with van der Waals surface area (Å²) in [4.78, 5) is 12.9. The number of carboxylic acid groups (broad SMARTS) is 1. The van der Waals surface area contributed by atoms with Crippen molar-refractivity contribution in [3.63, 3.8) is 0 Å². The van der Waals surface area contributed by atoms with E-state index in [2.05, 4.69) is 38.2 Å². The minimum absolute atomic E-state index is 0. The van der Waals surface area contributed by atoms with E-state index < -0.39 is 5.97 Å². The normalized spacial score (nSPS) is 11.5. The van der Waals surface area contributed by atoms with Crippen molar-refractivity contribution >= 4 is 5.97 Å². The monoisotopic (exact) mass is 373 g/mol. The van der Waals surface area contributed by atoms with Crippen molar-refractivity contribution in [1.29, 1.82) is 0 Å². The molecule has 0 aliphatic heterocycles. The fourth-order valence-electron chi connectivity index (χ4n) is 2.76. The molecule has 0 atom stereocenters. The van der Waals surface area contributed by atoms with Crippen LogP contribution in [0.4, 0.5) is 0 Å². The molecule has 146 valence electrons. The maximum atomic E-state index is 10.9. The van der Waals surface area contributed by atoms with E-state index in [0.717, 1.165) is 51.6 Å². The van der Waals surface area contributed by atoms with E-state index in [1.54, 1.807) is 0 Å². The Morgan fingerprint density at radius 1 is 0.731 bits per heavy atom. The molecule has 0 aromatic carbocycles. The van der Waals surface area contributed by atoms with Gasteiger partial charge in [-0.15, -0.1) is 0 Å². The standard InChI is InChI=1S/C22H41NO2.Na/c1-3-5-7-9-11-13-15-17-19-23(21-22(24)25)20-18-16-14-12-10-8-6-4-2;/h9-12H,3-8,13-21H2,1-2H3,(H,24,25);/q;+1/p-1/b11-9+,12-10+;. The van der Waals surface area contributed by atoms with Crippen LogP contribution in [-0.4, -0.2) is 30.5 Å². The second-order valence-electron chi connectivity index (χ2n) is 6.87. The van der Waals surface area contributed by atoms with Gasteiger partial charge in [0.15, 0.2) is 0 Å². The Balaban J connectivity index is 0. The third kappa shape index (κ3) is 22.0.